The summed E-state index contributed by atoms with van der Waals surface area (Å²) in [6.07, 6.45) is 2.76. The second-order valence-electron chi connectivity index (χ2n) is 5.02. The maximum atomic E-state index is 6.00. The molecule has 0 aliphatic rings. The molecule has 1 heterocycles. The number of hydrogen-bond donors (Lipinski definition) is 1. The molecule has 2 aromatic rings. The van der Waals surface area contributed by atoms with E-state index in [4.69, 9.17) is 5.73 Å². The number of nitrogens with two attached hydrogens (primary N) is 1. The second-order valence-corrected chi connectivity index (χ2v) is 5.02. The molecule has 0 fully saturated rings. The van der Waals surface area contributed by atoms with Crippen LogP contribution < -0.4 is 5.73 Å². The molecular formula is C16H20N2. The second kappa shape index (κ2) is 5.67. The highest BCUT2D eigenvalue weighted by molar-refractivity contribution is 5.42. The first-order valence-corrected chi connectivity index (χ1v) is 6.43. The summed E-state index contributed by atoms with van der Waals surface area (Å²) in [4.78, 5) is 4.20. The molecule has 2 nitrogen and oxygen atoms in total. The van der Waals surface area contributed by atoms with Crippen molar-refractivity contribution in [2.45, 2.75) is 26.2 Å². The highest BCUT2D eigenvalue weighted by atomic mass is 14.8. The summed E-state index contributed by atoms with van der Waals surface area (Å²) in [6, 6.07) is 14.6. The molecule has 18 heavy (non-hydrogen) atoms. The standard InChI is InChI=1S/C16H20N2/c1-12(2)15(11-13-7-4-3-5-8-13)14-9-6-10-18-16(14)17/h3-10,12,15H,11H2,1-2H3,(H2,17,18)/t15-/m0/s1. The van der Waals surface area contributed by atoms with Gasteiger partial charge in [0.25, 0.3) is 0 Å². The van der Waals surface area contributed by atoms with Gasteiger partial charge in [0.05, 0.1) is 0 Å². The Kier molecular flexibility index (Phi) is 3.98. The predicted molar refractivity (Wildman–Crippen MR) is 76.4 cm³/mol. The minimum Gasteiger partial charge on any atom is -0.383 e. The van der Waals surface area contributed by atoms with E-state index in [1.165, 1.54) is 5.56 Å². The van der Waals surface area contributed by atoms with Crippen molar-refractivity contribution >= 4 is 5.82 Å². The molecule has 1 aromatic heterocycles. The predicted octanol–water partition coefficient (Wildman–Crippen LogP) is 3.65. The molecule has 2 rings (SSSR count). The Hall–Kier alpha value is -1.83. The summed E-state index contributed by atoms with van der Waals surface area (Å²) in [5, 5.41) is 0. The lowest BCUT2D eigenvalue weighted by Crippen LogP contribution is -2.13. The van der Waals surface area contributed by atoms with Crippen LogP contribution in [-0.2, 0) is 6.42 Å². The summed E-state index contributed by atoms with van der Waals surface area (Å²) in [5.41, 5.74) is 8.51. The van der Waals surface area contributed by atoms with Crippen molar-refractivity contribution in [1.29, 1.82) is 0 Å². The van der Waals surface area contributed by atoms with Crippen LogP contribution in [0.5, 0.6) is 0 Å². The molecular weight excluding hydrogens is 220 g/mol. The number of nitrogen functional groups attached to an aromatic ring is 1. The van der Waals surface area contributed by atoms with Crippen LogP contribution in [0, 0.1) is 5.92 Å². The number of rotatable bonds is 4. The van der Waals surface area contributed by atoms with E-state index in [1.807, 2.05) is 12.1 Å². The van der Waals surface area contributed by atoms with E-state index in [2.05, 4.69) is 49.2 Å². The van der Waals surface area contributed by atoms with E-state index >= 15 is 0 Å². The molecule has 1 aromatic carbocycles. The topological polar surface area (TPSA) is 38.9 Å². The van der Waals surface area contributed by atoms with Gasteiger partial charge in [-0.1, -0.05) is 50.2 Å². The summed E-state index contributed by atoms with van der Waals surface area (Å²) in [5.74, 6) is 1.62. The number of hydrogen-bond acceptors (Lipinski definition) is 2. The quantitative estimate of drug-likeness (QED) is 0.886. The third-order valence-electron chi connectivity index (χ3n) is 3.37. The number of anilines is 1. The van der Waals surface area contributed by atoms with E-state index in [0.717, 1.165) is 12.0 Å². The molecule has 0 unspecified atom stereocenters. The van der Waals surface area contributed by atoms with E-state index in [9.17, 15) is 0 Å². The van der Waals surface area contributed by atoms with Crippen molar-refractivity contribution in [3.8, 4) is 0 Å². The largest absolute Gasteiger partial charge is 0.383 e. The zero-order valence-corrected chi connectivity index (χ0v) is 11.0. The highest BCUT2D eigenvalue weighted by Gasteiger charge is 2.19. The zero-order chi connectivity index (χ0) is 13.0. The number of benzene rings is 1. The van der Waals surface area contributed by atoms with Crippen molar-refractivity contribution in [1.82, 2.24) is 4.98 Å². The Morgan fingerprint density at radius 2 is 1.78 bits per heavy atom. The van der Waals surface area contributed by atoms with Gasteiger partial charge in [-0.3, -0.25) is 0 Å². The zero-order valence-electron chi connectivity index (χ0n) is 11.0. The first-order chi connectivity index (χ1) is 8.68. The van der Waals surface area contributed by atoms with E-state index in [-0.39, 0.29) is 0 Å². The van der Waals surface area contributed by atoms with E-state index < -0.39 is 0 Å². The van der Waals surface area contributed by atoms with Crippen LogP contribution in [-0.4, -0.2) is 4.98 Å². The average molecular weight is 240 g/mol. The van der Waals surface area contributed by atoms with E-state index in [1.54, 1.807) is 6.20 Å². The van der Waals surface area contributed by atoms with Crippen LogP contribution in [0.15, 0.2) is 48.7 Å². The van der Waals surface area contributed by atoms with Crippen molar-refractivity contribution < 1.29 is 0 Å². The van der Waals surface area contributed by atoms with Gasteiger partial charge in [0.2, 0.25) is 0 Å². The molecule has 0 radical (unpaired) electrons. The van der Waals surface area contributed by atoms with Gasteiger partial charge < -0.3 is 5.73 Å². The van der Waals surface area contributed by atoms with Crippen LogP contribution in [0.2, 0.25) is 0 Å². The molecule has 2 N–H and O–H groups in total. The third-order valence-corrected chi connectivity index (χ3v) is 3.37. The Morgan fingerprint density at radius 3 is 2.39 bits per heavy atom. The fourth-order valence-corrected chi connectivity index (χ4v) is 2.32. The third kappa shape index (κ3) is 2.89. The van der Waals surface area contributed by atoms with E-state index in [0.29, 0.717) is 17.7 Å². The van der Waals surface area contributed by atoms with Gasteiger partial charge in [0, 0.05) is 6.20 Å². The fraction of sp³-hybridized carbons (Fsp3) is 0.312. The van der Waals surface area contributed by atoms with Gasteiger partial charge in [0.1, 0.15) is 5.82 Å². The Labute approximate surface area is 109 Å². The van der Waals surface area contributed by atoms with Crippen molar-refractivity contribution in [2.75, 3.05) is 5.73 Å². The number of aromatic nitrogens is 1. The Bertz CT molecular complexity index is 491. The molecule has 2 heteroatoms. The maximum absolute atomic E-state index is 6.00. The van der Waals surface area contributed by atoms with Gasteiger partial charge in [-0.2, -0.15) is 0 Å². The molecule has 94 valence electrons. The molecule has 0 bridgehead atoms. The lowest BCUT2D eigenvalue weighted by atomic mass is 9.83. The lowest BCUT2D eigenvalue weighted by Gasteiger charge is -2.22. The van der Waals surface area contributed by atoms with Crippen LogP contribution in [0.1, 0.15) is 30.9 Å². The molecule has 0 aliphatic carbocycles. The smallest absolute Gasteiger partial charge is 0.126 e. The lowest BCUT2D eigenvalue weighted by molar-refractivity contribution is 0.495. The minimum absolute atomic E-state index is 0.418. The summed E-state index contributed by atoms with van der Waals surface area (Å²) < 4.78 is 0. The number of pyridine rings is 1. The monoisotopic (exact) mass is 240 g/mol. The normalized spacial score (nSPS) is 12.6. The summed E-state index contributed by atoms with van der Waals surface area (Å²) >= 11 is 0. The minimum atomic E-state index is 0.418. The molecule has 0 saturated carbocycles. The van der Waals surface area contributed by atoms with Crippen LogP contribution in [0.3, 0.4) is 0 Å². The Morgan fingerprint density at radius 1 is 1.06 bits per heavy atom. The van der Waals surface area contributed by atoms with Gasteiger partial charge in [0.15, 0.2) is 0 Å². The fourth-order valence-electron chi connectivity index (χ4n) is 2.32. The van der Waals surface area contributed by atoms with Crippen LogP contribution >= 0.6 is 0 Å². The first kappa shape index (κ1) is 12.6. The van der Waals surface area contributed by atoms with Gasteiger partial charge in [-0.15, -0.1) is 0 Å². The number of nitrogens with zero attached hydrogens (tertiary/aromatic N) is 1. The van der Waals surface area contributed by atoms with Crippen molar-refractivity contribution in [3.05, 3.63) is 59.8 Å². The molecule has 0 aliphatic heterocycles. The molecule has 0 spiro atoms. The maximum Gasteiger partial charge on any atom is 0.126 e. The van der Waals surface area contributed by atoms with Crippen LogP contribution in [0.4, 0.5) is 5.82 Å². The SMILES string of the molecule is CC(C)[C@H](Cc1ccccc1)c1cccnc1N. The van der Waals surface area contributed by atoms with Crippen molar-refractivity contribution in [2.24, 2.45) is 5.92 Å². The summed E-state index contributed by atoms with van der Waals surface area (Å²) in [7, 11) is 0. The first-order valence-electron chi connectivity index (χ1n) is 6.43. The van der Waals surface area contributed by atoms with Gasteiger partial charge >= 0.3 is 0 Å². The molecule has 0 amide bonds. The average Bonchev–Trinajstić information content (AvgIpc) is 2.38. The highest BCUT2D eigenvalue weighted by Crippen LogP contribution is 2.30. The molecule has 1 atom stereocenters. The van der Waals surface area contributed by atoms with Gasteiger partial charge in [-0.25, -0.2) is 4.98 Å². The van der Waals surface area contributed by atoms with Gasteiger partial charge in [-0.05, 0) is 35.4 Å². The van der Waals surface area contributed by atoms with Crippen LogP contribution in [0.25, 0.3) is 0 Å². The molecule has 0 saturated heterocycles. The Balaban J connectivity index is 2.27. The summed E-state index contributed by atoms with van der Waals surface area (Å²) in [6.45, 7) is 4.47. The van der Waals surface area contributed by atoms with Crippen molar-refractivity contribution in [3.63, 3.8) is 0 Å².